The molecule has 3 nitrogen and oxygen atoms in total. The maximum atomic E-state index is 10.6. The topological polar surface area (TPSA) is 34.9 Å². The van der Waals surface area contributed by atoms with E-state index < -0.39 is 0 Å². The average molecular weight is 187 g/mol. The van der Waals surface area contributed by atoms with Crippen molar-refractivity contribution >= 4 is 17.9 Å². The van der Waals surface area contributed by atoms with Crippen LogP contribution in [0.5, 0.6) is 0 Å². The molecule has 1 aromatic heterocycles. The molecule has 0 saturated carbocycles. The molecule has 0 radical (unpaired) electrons. The summed E-state index contributed by atoms with van der Waals surface area (Å²) in [5.41, 5.74) is 1.27. The van der Waals surface area contributed by atoms with Crippen LogP contribution in [-0.2, 0) is 7.05 Å². The molecule has 1 rings (SSSR count). The third kappa shape index (κ3) is 1.37. The summed E-state index contributed by atoms with van der Waals surface area (Å²) in [7, 11) is 1.72. The number of nitrogens with zero attached hydrogens (tertiary/aromatic N) is 2. The van der Waals surface area contributed by atoms with Crippen LogP contribution in [-0.4, -0.2) is 16.1 Å². The van der Waals surface area contributed by atoms with Gasteiger partial charge in [0, 0.05) is 7.05 Å². The Balaban J connectivity index is 3.29. The fourth-order valence-corrected chi connectivity index (χ4v) is 1.25. The third-order valence-electron chi connectivity index (χ3n) is 1.70. The van der Waals surface area contributed by atoms with E-state index in [9.17, 15) is 4.79 Å². The SMILES string of the molecule is CC(C)c1nn(C)c(Cl)c1C=O. The highest BCUT2D eigenvalue weighted by atomic mass is 35.5. The normalized spacial score (nSPS) is 10.8. The van der Waals surface area contributed by atoms with Crippen molar-refractivity contribution in [1.29, 1.82) is 0 Å². The van der Waals surface area contributed by atoms with Gasteiger partial charge >= 0.3 is 0 Å². The summed E-state index contributed by atoms with van der Waals surface area (Å²) in [5.74, 6) is 0.226. The first-order valence-corrected chi connectivity index (χ1v) is 4.13. The lowest BCUT2D eigenvalue weighted by atomic mass is 10.1. The van der Waals surface area contributed by atoms with Crippen LogP contribution in [0, 0.1) is 0 Å². The lowest BCUT2D eigenvalue weighted by molar-refractivity contribution is 0.112. The van der Waals surface area contributed by atoms with Gasteiger partial charge < -0.3 is 0 Å². The van der Waals surface area contributed by atoms with Crippen LogP contribution < -0.4 is 0 Å². The summed E-state index contributed by atoms with van der Waals surface area (Å²) >= 11 is 5.83. The Hall–Kier alpha value is -0.830. The number of hydrogen-bond acceptors (Lipinski definition) is 2. The highest BCUT2D eigenvalue weighted by molar-refractivity contribution is 6.32. The van der Waals surface area contributed by atoms with Gasteiger partial charge in [0.2, 0.25) is 0 Å². The molecular weight excluding hydrogens is 176 g/mol. The van der Waals surface area contributed by atoms with Gasteiger partial charge in [0.1, 0.15) is 5.15 Å². The molecule has 0 unspecified atom stereocenters. The number of aromatic nitrogens is 2. The average Bonchev–Trinajstić information content (AvgIpc) is 2.29. The molecule has 0 bridgehead atoms. The molecule has 12 heavy (non-hydrogen) atoms. The summed E-state index contributed by atoms with van der Waals surface area (Å²) < 4.78 is 1.51. The lowest BCUT2D eigenvalue weighted by Gasteiger charge is -1.98. The molecule has 1 heterocycles. The molecular formula is C8H11ClN2O. The summed E-state index contributed by atoms with van der Waals surface area (Å²) in [5, 5.41) is 4.54. The second kappa shape index (κ2) is 3.27. The zero-order chi connectivity index (χ0) is 9.30. The van der Waals surface area contributed by atoms with E-state index in [1.165, 1.54) is 4.68 Å². The third-order valence-corrected chi connectivity index (χ3v) is 2.15. The minimum atomic E-state index is 0.226. The Morgan fingerprint density at radius 3 is 2.50 bits per heavy atom. The maximum Gasteiger partial charge on any atom is 0.155 e. The largest absolute Gasteiger partial charge is 0.298 e. The van der Waals surface area contributed by atoms with Crippen molar-refractivity contribution in [1.82, 2.24) is 9.78 Å². The Kier molecular flexibility index (Phi) is 2.52. The molecule has 0 aliphatic carbocycles. The molecule has 4 heteroatoms. The first-order chi connectivity index (χ1) is 5.57. The van der Waals surface area contributed by atoms with Gasteiger partial charge in [0.25, 0.3) is 0 Å². The molecule has 66 valence electrons. The molecule has 0 fully saturated rings. The second-order valence-electron chi connectivity index (χ2n) is 2.99. The van der Waals surface area contributed by atoms with Crippen molar-refractivity contribution < 1.29 is 4.79 Å². The number of carbonyl (C=O) groups is 1. The van der Waals surface area contributed by atoms with Crippen molar-refractivity contribution in [2.24, 2.45) is 7.05 Å². The highest BCUT2D eigenvalue weighted by Crippen LogP contribution is 2.22. The first-order valence-electron chi connectivity index (χ1n) is 3.75. The molecule has 0 atom stereocenters. The van der Waals surface area contributed by atoms with Gasteiger partial charge in [0.05, 0.1) is 11.3 Å². The standard InChI is InChI=1S/C8H11ClN2O/c1-5(2)7-6(4-12)8(9)11(3)10-7/h4-5H,1-3H3. The van der Waals surface area contributed by atoms with E-state index in [0.29, 0.717) is 10.7 Å². The minimum absolute atomic E-state index is 0.226. The van der Waals surface area contributed by atoms with Gasteiger partial charge in [-0.25, -0.2) is 0 Å². The van der Waals surface area contributed by atoms with Crippen molar-refractivity contribution in [2.75, 3.05) is 0 Å². The van der Waals surface area contributed by atoms with Crippen molar-refractivity contribution in [3.05, 3.63) is 16.4 Å². The number of carbonyl (C=O) groups excluding carboxylic acids is 1. The van der Waals surface area contributed by atoms with Gasteiger partial charge in [0.15, 0.2) is 6.29 Å². The number of rotatable bonds is 2. The Morgan fingerprint density at radius 2 is 2.17 bits per heavy atom. The fourth-order valence-electron chi connectivity index (χ4n) is 1.07. The molecule has 0 saturated heterocycles. The monoisotopic (exact) mass is 186 g/mol. The van der Waals surface area contributed by atoms with E-state index in [2.05, 4.69) is 5.10 Å². The molecule has 1 aromatic rings. The first kappa shape index (κ1) is 9.26. The van der Waals surface area contributed by atoms with Crippen LogP contribution in [0.2, 0.25) is 5.15 Å². The van der Waals surface area contributed by atoms with Gasteiger partial charge in [-0.3, -0.25) is 9.48 Å². The molecule has 0 spiro atoms. The molecule has 0 aliphatic heterocycles. The summed E-state index contributed by atoms with van der Waals surface area (Å²) in [6.07, 6.45) is 0.755. The fraction of sp³-hybridized carbons (Fsp3) is 0.500. The number of hydrogen-bond donors (Lipinski definition) is 0. The second-order valence-corrected chi connectivity index (χ2v) is 3.34. The summed E-state index contributed by atoms with van der Waals surface area (Å²) in [6, 6.07) is 0. The molecule has 0 amide bonds. The van der Waals surface area contributed by atoms with E-state index in [4.69, 9.17) is 11.6 Å². The van der Waals surface area contributed by atoms with Crippen LogP contribution in [0.3, 0.4) is 0 Å². The summed E-state index contributed by atoms with van der Waals surface area (Å²) in [4.78, 5) is 10.6. The molecule has 0 aromatic carbocycles. The Bertz CT molecular complexity index is 304. The van der Waals surface area contributed by atoms with Crippen molar-refractivity contribution in [3.8, 4) is 0 Å². The van der Waals surface area contributed by atoms with E-state index in [-0.39, 0.29) is 5.92 Å². The lowest BCUT2D eigenvalue weighted by Crippen LogP contribution is -1.94. The van der Waals surface area contributed by atoms with Crippen LogP contribution in [0.1, 0.15) is 35.8 Å². The highest BCUT2D eigenvalue weighted by Gasteiger charge is 2.15. The van der Waals surface area contributed by atoms with Crippen LogP contribution in [0.25, 0.3) is 0 Å². The Morgan fingerprint density at radius 1 is 1.58 bits per heavy atom. The van der Waals surface area contributed by atoms with Crippen molar-refractivity contribution in [3.63, 3.8) is 0 Å². The smallest absolute Gasteiger partial charge is 0.155 e. The van der Waals surface area contributed by atoms with Crippen LogP contribution >= 0.6 is 11.6 Å². The van der Waals surface area contributed by atoms with Crippen LogP contribution in [0.4, 0.5) is 0 Å². The quantitative estimate of drug-likeness (QED) is 0.663. The zero-order valence-corrected chi connectivity index (χ0v) is 8.09. The van der Waals surface area contributed by atoms with E-state index >= 15 is 0 Å². The molecule has 0 N–H and O–H groups in total. The summed E-state index contributed by atoms with van der Waals surface area (Å²) in [6.45, 7) is 3.96. The number of aryl methyl sites for hydroxylation is 1. The number of halogens is 1. The van der Waals surface area contributed by atoms with E-state index in [1.54, 1.807) is 7.05 Å². The number of aldehydes is 1. The minimum Gasteiger partial charge on any atom is -0.298 e. The predicted octanol–water partition coefficient (Wildman–Crippen LogP) is 2.01. The van der Waals surface area contributed by atoms with Gasteiger partial charge in [-0.1, -0.05) is 25.4 Å². The van der Waals surface area contributed by atoms with E-state index in [1.807, 2.05) is 13.8 Å². The van der Waals surface area contributed by atoms with Gasteiger partial charge in [-0.2, -0.15) is 5.10 Å². The Labute approximate surface area is 76.3 Å². The van der Waals surface area contributed by atoms with Crippen LogP contribution in [0.15, 0.2) is 0 Å². The maximum absolute atomic E-state index is 10.6. The molecule has 0 aliphatic rings. The predicted molar refractivity (Wildman–Crippen MR) is 47.7 cm³/mol. The zero-order valence-electron chi connectivity index (χ0n) is 7.34. The van der Waals surface area contributed by atoms with Gasteiger partial charge in [-0.15, -0.1) is 0 Å². The van der Waals surface area contributed by atoms with Gasteiger partial charge in [-0.05, 0) is 5.92 Å². The van der Waals surface area contributed by atoms with E-state index in [0.717, 1.165) is 12.0 Å². The van der Waals surface area contributed by atoms with Crippen molar-refractivity contribution in [2.45, 2.75) is 19.8 Å².